The molecule has 0 aliphatic heterocycles. The smallest absolute Gasteiger partial charge is 0.323 e. The minimum atomic E-state index is -1.30. The van der Waals surface area contributed by atoms with Gasteiger partial charge in [0.15, 0.2) is 5.41 Å². The van der Waals surface area contributed by atoms with Crippen molar-refractivity contribution in [2.75, 3.05) is 32.2 Å². The zero-order chi connectivity index (χ0) is 19.5. The highest BCUT2D eigenvalue weighted by molar-refractivity contribution is 6.01. The molecule has 1 aromatic rings. The normalized spacial score (nSPS) is 14.7. The minimum absolute atomic E-state index is 0.281. The molecule has 6 nitrogen and oxygen atoms in total. The van der Waals surface area contributed by atoms with Gasteiger partial charge in [0.25, 0.3) is 0 Å². The summed E-state index contributed by atoms with van der Waals surface area (Å²) in [5.41, 5.74) is 2.60. The second-order valence-electron chi connectivity index (χ2n) is 7.01. The van der Waals surface area contributed by atoms with Crippen LogP contribution in [0.25, 0.3) is 0 Å². The molecule has 26 heavy (non-hydrogen) atoms. The van der Waals surface area contributed by atoms with Gasteiger partial charge in [-0.3, -0.25) is 9.59 Å². The van der Waals surface area contributed by atoms with E-state index in [0.29, 0.717) is 6.42 Å². The third-order valence-electron chi connectivity index (χ3n) is 5.26. The van der Waals surface area contributed by atoms with Gasteiger partial charge in [-0.25, -0.2) is 4.98 Å². The third-order valence-corrected chi connectivity index (χ3v) is 5.26. The predicted octanol–water partition coefficient (Wildman–Crippen LogP) is 2.76. The highest BCUT2D eigenvalue weighted by Gasteiger charge is 2.53. The Balaban J connectivity index is 2.55. The molecule has 0 radical (unpaired) electrons. The summed E-state index contributed by atoms with van der Waals surface area (Å²) in [5.74, 6) is -0.129. The lowest BCUT2D eigenvalue weighted by molar-refractivity contribution is -0.168. The van der Waals surface area contributed by atoms with Crippen molar-refractivity contribution in [1.82, 2.24) is 4.98 Å². The van der Waals surface area contributed by atoms with E-state index in [1.807, 2.05) is 13.8 Å². The minimum Gasteiger partial charge on any atom is -0.468 e. The maximum absolute atomic E-state index is 12.5. The van der Waals surface area contributed by atoms with Crippen LogP contribution in [-0.2, 0) is 31.9 Å². The molecule has 0 fully saturated rings. The van der Waals surface area contributed by atoms with Crippen molar-refractivity contribution in [2.24, 2.45) is 5.41 Å². The molecular weight excluding hydrogens is 332 g/mol. The molecule has 1 aromatic heterocycles. The van der Waals surface area contributed by atoms with E-state index in [9.17, 15) is 9.59 Å². The van der Waals surface area contributed by atoms with Crippen LogP contribution in [-0.4, -0.2) is 44.2 Å². The summed E-state index contributed by atoms with van der Waals surface area (Å²) in [7, 11) is 2.62. The summed E-state index contributed by atoms with van der Waals surface area (Å²) in [6.07, 6.45) is 2.65. The molecule has 0 spiro atoms. The summed E-state index contributed by atoms with van der Waals surface area (Å²) in [5, 5.41) is 0. The van der Waals surface area contributed by atoms with Crippen molar-refractivity contribution in [2.45, 2.75) is 53.4 Å². The number of rotatable bonds is 7. The van der Waals surface area contributed by atoms with Crippen LogP contribution < -0.4 is 4.90 Å². The van der Waals surface area contributed by atoms with E-state index >= 15 is 0 Å². The fourth-order valence-corrected chi connectivity index (χ4v) is 3.96. The summed E-state index contributed by atoms with van der Waals surface area (Å²) >= 11 is 0. The molecule has 0 atom stereocenters. The monoisotopic (exact) mass is 362 g/mol. The average Bonchev–Trinajstić information content (AvgIpc) is 3.06. The van der Waals surface area contributed by atoms with Crippen LogP contribution in [0, 0.1) is 19.3 Å². The van der Waals surface area contributed by atoms with Crippen molar-refractivity contribution in [3.05, 3.63) is 22.4 Å². The second-order valence-corrected chi connectivity index (χ2v) is 7.01. The molecule has 1 aliphatic rings. The van der Waals surface area contributed by atoms with E-state index in [0.717, 1.165) is 54.1 Å². The number of hydrogen-bond acceptors (Lipinski definition) is 6. The number of nitrogens with zero attached hydrogens (tertiary/aromatic N) is 2. The van der Waals surface area contributed by atoms with Gasteiger partial charge in [-0.1, -0.05) is 13.8 Å². The predicted molar refractivity (Wildman–Crippen MR) is 100 cm³/mol. The van der Waals surface area contributed by atoms with Gasteiger partial charge in [0.1, 0.15) is 5.82 Å². The Labute approximate surface area is 155 Å². The van der Waals surface area contributed by atoms with Crippen LogP contribution in [0.4, 0.5) is 5.82 Å². The Hall–Kier alpha value is -2.11. The van der Waals surface area contributed by atoms with Crippen LogP contribution >= 0.6 is 0 Å². The summed E-state index contributed by atoms with van der Waals surface area (Å²) in [4.78, 5) is 32.1. The molecule has 0 bridgehead atoms. The number of methoxy groups -OCH3 is 2. The number of pyridine rings is 1. The van der Waals surface area contributed by atoms with E-state index in [1.54, 1.807) is 0 Å². The number of carbonyl (C=O) groups excluding carboxylic acids is 2. The molecule has 0 N–H and O–H groups in total. The fraction of sp³-hybridized carbons (Fsp3) is 0.650. The first kappa shape index (κ1) is 20.2. The lowest BCUT2D eigenvalue weighted by Crippen LogP contribution is -2.42. The summed E-state index contributed by atoms with van der Waals surface area (Å²) < 4.78 is 9.91. The number of ether oxygens (including phenoxy) is 2. The first-order chi connectivity index (χ1) is 12.4. The standard InChI is InChI=1S/C20H30N2O4/c1-7-9-22(10-8-2)17-13(3)15-11-20(18(23)25-5,19(24)26-6)12-16(15)14(4)21-17/h7-12H2,1-6H3. The van der Waals surface area contributed by atoms with Crippen molar-refractivity contribution in [1.29, 1.82) is 0 Å². The van der Waals surface area contributed by atoms with Crippen molar-refractivity contribution in [3.63, 3.8) is 0 Å². The fourth-order valence-electron chi connectivity index (χ4n) is 3.96. The molecule has 0 unspecified atom stereocenters. The number of carbonyl (C=O) groups is 2. The Morgan fingerprint density at radius 2 is 1.50 bits per heavy atom. The zero-order valence-electron chi connectivity index (χ0n) is 16.8. The van der Waals surface area contributed by atoms with Crippen molar-refractivity contribution in [3.8, 4) is 0 Å². The molecule has 2 rings (SSSR count). The average molecular weight is 362 g/mol. The van der Waals surface area contributed by atoms with E-state index in [1.165, 1.54) is 14.2 Å². The van der Waals surface area contributed by atoms with E-state index in [4.69, 9.17) is 14.5 Å². The van der Waals surface area contributed by atoms with Gasteiger partial charge in [-0.05, 0) is 43.4 Å². The van der Waals surface area contributed by atoms with Gasteiger partial charge < -0.3 is 14.4 Å². The zero-order valence-corrected chi connectivity index (χ0v) is 16.8. The van der Waals surface area contributed by atoms with Crippen LogP contribution in [0.2, 0.25) is 0 Å². The molecule has 0 saturated heterocycles. The molecule has 0 amide bonds. The highest BCUT2D eigenvalue weighted by Crippen LogP contribution is 2.43. The van der Waals surface area contributed by atoms with Crippen LogP contribution in [0.15, 0.2) is 0 Å². The SMILES string of the molecule is CCCN(CCC)c1nc(C)c2c(c1C)CC(C(=O)OC)(C(=O)OC)C2. The van der Waals surface area contributed by atoms with E-state index < -0.39 is 17.4 Å². The Morgan fingerprint density at radius 3 is 1.96 bits per heavy atom. The Bertz CT molecular complexity index is 678. The van der Waals surface area contributed by atoms with E-state index in [-0.39, 0.29) is 6.42 Å². The van der Waals surface area contributed by atoms with Crippen LogP contribution in [0.1, 0.15) is 49.1 Å². The van der Waals surface area contributed by atoms with Gasteiger partial charge in [0.05, 0.1) is 14.2 Å². The van der Waals surface area contributed by atoms with Crippen LogP contribution in [0.3, 0.4) is 0 Å². The summed E-state index contributed by atoms with van der Waals surface area (Å²) in [6, 6.07) is 0. The molecular formula is C20H30N2O4. The third kappa shape index (κ3) is 3.29. The lowest BCUT2D eigenvalue weighted by Gasteiger charge is -2.26. The highest BCUT2D eigenvalue weighted by atomic mass is 16.5. The Morgan fingerprint density at radius 1 is 1.00 bits per heavy atom. The first-order valence-corrected chi connectivity index (χ1v) is 9.26. The number of fused-ring (bicyclic) bond motifs is 1. The maximum atomic E-state index is 12.5. The van der Waals surface area contributed by atoms with Gasteiger partial charge in [0, 0.05) is 31.6 Å². The number of esters is 2. The van der Waals surface area contributed by atoms with Crippen LogP contribution in [0.5, 0.6) is 0 Å². The number of aryl methyl sites for hydroxylation is 1. The molecule has 6 heteroatoms. The van der Waals surface area contributed by atoms with Crippen molar-refractivity contribution < 1.29 is 19.1 Å². The topological polar surface area (TPSA) is 68.7 Å². The van der Waals surface area contributed by atoms with Gasteiger partial charge in [0.2, 0.25) is 0 Å². The lowest BCUT2D eigenvalue weighted by atomic mass is 9.84. The Kier molecular flexibility index (Phi) is 6.26. The second kappa shape index (κ2) is 8.06. The van der Waals surface area contributed by atoms with Gasteiger partial charge in [-0.2, -0.15) is 0 Å². The molecule has 0 aromatic carbocycles. The number of aromatic nitrogens is 1. The number of hydrogen-bond donors (Lipinski definition) is 0. The summed E-state index contributed by atoms with van der Waals surface area (Å²) in [6.45, 7) is 10.1. The van der Waals surface area contributed by atoms with Gasteiger partial charge in [-0.15, -0.1) is 0 Å². The number of anilines is 1. The molecule has 0 saturated carbocycles. The van der Waals surface area contributed by atoms with Crippen molar-refractivity contribution >= 4 is 17.8 Å². The molecule has 144 valence electrons. The quantitative estimate of drug-likeness (QED) is 0.549. The largest absolute Gasteiger partial charge is 0.468 e. The maximum Gasteiger partial charge on any atom is 0.323 e. The molecule has 1 aliphatic carbocycles. The van der Waals surface area contributed by atoms with Gasteiger partial charge >= 0.3 is 11.9 Å². The molecule has 1 heterocycles. The first-order valence-electron chi connectivity index (χ1n) is 9.26. The van der Waals surface area contributed by atoms with E-state index in [2.05, 4.69) is 18.7 Å².